The average Bonchev–Trinajstić information content (AvgIpc) is 3.28. The number of aryl methyl sites for hydroxylation is 1. The van der Waals surface area contributed by atoms with E-state index in [9.17, 15) is 9.59 Å². The molecule has 1 aromatic heterocycles. The minimum absolute atomic E-state index is 0.106. The van der Waals surface area contributed by atoms with Crippen LogP contribution >= 0.6 is 0 Å². The number of nitrogens with zero attached hydrogens (tertiary/aromatic N) is 4. The van der Waals surface area contributed by atoms with Gasteiger partial charge in [0, 0.05) is 13.1 Å². The monoisotopic (exact) mass is 386 g/mol. The first kappa shape index (κ1) is 17.3. The Morgan fingerprint density at radius 2 is 2.11 bits per heavy atom. The zero-order chi connectivity index (χ0) is 19.3. The number of para-hydroxylation sites is 1. The van der Waals surface area contributed by atoms with Crippen molar-refractivity contribution >= 4 is 5.91 Å². The predicted octanol–water partition coefficient (Wildman–Crippen LogP) is 0.651. The maximum atomic E-state index is 13.2. The second-order valence-corrected chi connectivity index (χ2v) is 7.38. The van der Waals surface area contributed by atoms with Gasteiger partial charge in [0.05, 0.1) is 18.7 Å². The van der Waals surface area contributed by atoms with E-state index in [1.807, 2.05) is 6.92 Å². The van der Waals surface area contributed by atoms with Gasteiger partial charge in [0.15, 0.2) is 17.3 Å². The third-order valence-electron chi connectivity index (χ3n) is 5.65. The molecule has 0 aliphatic carbocycles. The molecule has 5 rings (SSSR count). The van der Waals surface area contributed by atoms with Gasteiger partial charge in [-0.05, 0) is 25.5 Å². The van der Waals surface area contributed by atoms with Crippen molar-refractivity contribution in [1.82, 2.24) is 19.2 Å². The Labute approximate surface area is 161 Å². The number of amides is 1. The standard InChI is InChI=1S/C19H22N4O5/c1-2-23-18(25)22-12-19(28-10-15(22)20-23)6-7-21(11-19)17(24)13-4-3-5-14-16(13)27-9-8-26-14/h3-5H,2,6-12H2,1H3. The van der Waals surface area contributed by atoms with Gasteiger partial charge >= 0.3 is 5.69 Å². The highest BCUT2D eigenvalue weighted by atomic mass is 16.6. The van der Waals surface area contributed by atoms with E-state index in [0.717, 1.165) is 0 Å². The van der Waals surface area contributed by atoms with E-state index in [4.69, 9.17) is 14.2 Å². The molecule has 0 radical (unpaired) electrons. The molecule has 1 atom stereocenters. The van der Waals surface area contributed by atoms with Crippen LogP contribution in [0, 0.1) is 0 Å². The Hall–Kier alpha value is -2.81. The average molecular weight is 386 g/mol. The summed E-state index contributed by atoms with van der Waals surface area (Å²) < 4.78 is 20.5. The van der Waals surface area contributed by atoms with Gasteiger partial charge in [0.1, 0.15) is 25.4 Å². The van der Waals surface area contributed by atoms with E-state index < -0.39 is 5.60 Å². The normalized spacial score (nSPS) is 23.1. The fourth-order valence-corrected chi connectivity index (χ4v) is 4.19. The summed E-state index contributed by atoms with van der Waals surface area (Å²) in [6, 6.07) is 5.37. The van der Waals surface area contributed by atoms with Crippen LogP contribution in [0.1, 0.15) is 29.5 Å². The van der Waals surface area contributed by atoms with Gasteiger partial charge in [0.25, 0.3) is 5.91 Å². The molecular weight excluding hydrogens is 364 g/mol. The van der Waals surface area contributed by atoms with E-state index in [2.05, 4.69) is 5.10 Å². The zero-order valence-electron chi connectivity index (χ0n) is 15.7. The number of ether oxygens (including phenoxy) is 3. The molecule has 1 aromatic carbocycles. The third kappa shape index (κ3) is 2.61. The molecule has 0 N–H and O–H groups in total. The number of hydrogen-bond donors (Lipinski definition) is 0. The molecule has 1 saturated heterocycles. The van der Waals surface area contributed by atoms with Gasteiger partial charge < -0.3 is 19.1 Å². The van der Waals surface area contributed by atoms with E-state index in [1.54, 1.807) is 27.7 Å². The van der Waals surface area contributed by atoms with E-state index in [0.29, 0.717) is 68.7 Å². The molecular formula is C19H22N4O5. The zero-order valence-corrected chi connectivity index (χ0v) is 15.7. The largest absolute Gasteiger partial charge is 0.486 e. The summed E-state index contributed by atoms with van der Waals surface area (Å²) in [6.07, 6.45) is 0.675. The maximum Gasteiger partial charge on any atom is 0.346 e. The minimum Gasteiger partial charge on any atom is -0.486 e. The van der Waals surface area contributed by atoms with Gasteiger partial charge in [-0.25, -0.2) is 9.48 Å². The Morgan fingerprint density at radius 3 is 2.96 bits per heavy atom. The van der Waals surface area contributed by atoms with Crippen molar-refractivity contribution in [3.63, 3.8) is 0 Å². The van der Waals surface area contributed by atoms with Gasteiger partial charge in [-0.1, -0.05) is 6.07 Å². The highest BCUT2D eigenvalue weighted by molar-refractivity contribution is 5.98. The lowest BCUT2D eigenvalue weighted by Crippen LogP contribution is -2.47. The Kier molecular flexibility index (Phi) is 3.94. The van der Waals surface area contributed by atoms with Crippen LogP contribution in [0.4, 0.5) is 0 Å². The Morgan fingerprint density at radius 1 is 1.25 bits per heavy atom. The van der Waals surface area contributed by atoms with Crippen molar-refractivity contribution in [2.24, 2.45) is 0 Å². The second-order valence-electron chi connectivity index (χ2n) is 7.38. The molecule has 0 saturated carbocycles. The van der Waals surface area contributed by atoms with Crippen LogP contribution in [0.3, 0.4) is 0 Å². The predicted molar refractivity (Wildman–Crippen MR) is 97.6 cm³/mol. The lowest BCUT2D eigenvalue weighted by atomic mass is 10.0. The van der Waals surface area contributed by atoms with Crippen molar-refractivity contribution < 1.29 is 19.0 Å². The van der Waals surface area contributed by atoms with Crippen LogP contribution in [0.5, 0.6) is 11.5 Å². The quantitative estimate of drug-likeness (QED) is 0.753. The van der Waals surface area contributed by atoms with Crippen LogP contribution in [-0.4, -0.2) is 57.1 Å². The summed E-state index contributed by atoms with van der Waals surface area (Å²) in [7, 11) is 0. The van der Waals surface area contributed by atoms with Crippen LogP contribution in [0.15, 0.2) is 23.0 Å². The van der Waals surface area contributed by atoms with Gasteiger partial charge in [0.2, 0.25) is 0 Å². The lowest BCUT2D eigenvalue weighted by Gasteiger charge is -2.33. The Bertz CT molecular complexity index is 997. The first-order valence-electron chi connectivity index (χ1n) is 9.58. The number of benzene rings is 1. The number of fused-ring (bicyclic) bond motifs is 2. The summed E-state index contributed by atoms with van der Waals surface area (Å²) in [5, 5.41) is 4.30. The lowest BCUT2D eigenvalue weighted by molar-refractivity contribution is -0.0816. The SMILES string of the molecule is CCn1nc2n(c1=O)CC1(CCN(C(=O)c3cccc4c3OCCO4)C1)OC2. The van der Waals surface area contributed by atoms with E-state index >= 15 is 0 Å². The summed E-state index contributed by atoms with van der Waals surface area (Å²) in [5.74, 6) is 1.64. The van der Waals surface area contributed by atoms with E-state index in [1.165, 1.54) is 4.68 Å². The molecule has 1 fully saturated rings. The number of rotatable bonds is 2. The number of likely N-dealkylation sites (tertiary alicyclic amines) is 1. The van der Waals surface area contributed by atoms with Crippen LogP contribution in [0.2, 0.25) is 0 Å². The van der Waals surface area contributed by atoms with Crippen molar-refractivity contribution in [3.05, 3.63) is 40.1 Å². The van der Waals surface area contributed by atoms with Crippen LogP contribution in [0.25, 0.3) is 0 Å². The first-order chi connectivity index (χ1) is 13.6. The molecule has 4 heterocycles. The number of aromatic nitrogens is 3. The Balaban J connectivity index is 1.38. The number of carbonyl (C=O) groups excluding carboxylic acids is 1. The molecule has 0 bridgehead atoms. The summed E-state index contributed by atoms with van der Waals surface area (Å²) in [5.41, 5.74) is -0.172. The molecule has 1 spiro atoms. The number of carbonyl (C=O) groups is 1. The van der Waals surface area contributed by atoms with Crippen LogP contribution < -0.4 is 15.2 Å². The van der Waals surface area contributed by atoms with Crippen LogP contribution in [-0.2, 0) is 24.4 Å². The highest BCUT2D eigenvalue weighted by Crippen LogP contribution is 2.37. The molecule has 2 aromatic rings. The third-order valence-corrected chi connectivity index (χ3v) is 5.65. The molecule has 28 heavy (non-hydrogen) atoms. The molecule has 1 amide bonds. The molecule has 1 unspecified atom stereocenters. The van der Waals surface area contributed by atoms with Crippen molar-refractivity contribution in [1.29, 1.82) is 0 Å². The molecule has 9 heteroatoms. The summed E-state index contributed by atoms with van der Waals surface area (Å²) >= 11 is 0. The molecule has 3 aliphatic rings. The first-order valence-corrected chi connectivity index (χ1v) is 9.58. The highest BCUT2D eigenvalue weighted by Gasteiger charge is 2.45. The van der Waals surface area contributed by atoms with Crippen molar-refractivity contribution in [3.8, 4) is 11.5 Å². The smallest absolute Gasteiger partial charge is 0.346 e. The topological polar surface area (TPSA) is 87.8 Å². The fourth-order valence-electron chi connectivity index (χ4n) is 4.19. The molecule has 3 aliphatic heterocycles. The molecule has 9 nitrogen and oxygen atoms in total. The number of hydrogen-bond acceptors (Lipinski definition) is 6. The summed E-state index contributed by atoms with van der Waals surface area (Å²) in [4.78, 5) is 27.4. The van der Waals surface area contributed by atoms with Crippen molar-refractivity contribution in [2.75, 3.05) is 26.3 Å². The second kappa shape index (κ2) is 6.37. The minimum atomic E-state index is -0.555. The van der Waals surface area contributed by atoms with E-state index in [-0.39, 0.29) is 18.2 Å². The fraction of sp³-hybridized carbons (Fsp3) is 0.526. The molecule has 148 valence electrons. The maximum absolute atomic E-state index is 13.2. The van der Waals surface area contributed by atoms with Gasteiger partial charge in [-0.3, -0.25) is 9.36 Å². The summed E-state index contributed by atoms with van der Waals surface area (Å²) in [6.45, 7) is 5.01. The van der Waals surface area contributed by atoms with Gasteiger partial charge in [-0.2, -0.15) is 5.10 Å². The van der Waals surface area contributed by atoms with Gasteiger partial charge in [-0.15, -0.1) is 0 Å². The van der Waals surface area contributed by atoms with Crippen molar-refractivity contribution in [2.45, 2.75) is 38.6 Å².